The first-order valence-corrected chi connectivity index (χ1v) is 5.32. The SMILES string of the molecule is CC(C)CN(NC(=O)c1cnsn1)C(=O)O. The molecule has 7 nitrogen and oxygen atoms in total. The van der Waals surface area contributed by atoms with E-state index in [2.05, 4.69) is 14.2 Å². The highest BCUT2D eigenvalue weighted by molar-refractivity contribution is 6.99. The zero-order chi connectivity index (χ0) is 12.1. The first-order valence-electron chi connectivity index (χ1n) is 4.59. The number of rotatable bonds is 3. The third-order valence-electron chi connectivity index (χ3n) is 1.61. The lowest BCUT2D eigenvalue weighted by atomic mass is 10.2. The summed E-state index contributed by atoms with van der Waals surface area (Å²) in [6.45, 7) is 3.93. The Kier molecular flexibility index (Phi) is 4.18. The number of hydrogen-bond donors (Lipinski definition) is 2. The summed E-state index contributed by atoms with van der Waals surface area (Å²) in [5.41, 5.74) is 2.36. The van der Waals surface area contributed by atoms with Gasteiger partial charge in [-0.25, -0.2) is 9.80 Å². The van der Waals surface area contributed by atoms with E-state index in [1.807, 2.05) is 13.8 Å². The molecule has 0 saturated carbocycles. The van der Waals surface area contributed by atoms with Crippen LogP contribution in [0.4, 0.5) is 4.79 Å². The number of amides is 2. The highest BCUT2D eigenvalue weighted by Gasteiger charge is 2.18. The van der Waals surface area contributed by atoms with Crippen molar-refractivity contribution in [2.75, 3.05) is 6.54 Å². The van der Waals surface area contributed by atoms with Crippen LogP contribution in [-0.2, 0) is 0 Å². The van der Waals surface area contributed by atoms with Gasteiger partial charge in [0.1, 0.15) is 0 Å². The van der Waals surface area contributed by atoms with Crippen molar-refractivity contribution in [1.29, 1.82) is 0 Å². The quantitative estimate of drug-likeness (QED) is 0.767. The smallest absolute Gasteiger partial charge is 0.426 e. The molecule has 88 valence electrons. The normalized spacial score (nSPS) is 10.2. The monoisotopic (exact) mass is 244 g/mol. The minimum atomic E-state index is -1.20. The number of carbonyl (C=O) groups is 2. The minimum Gasteiger partial charge on any atom is -0.464 e. The average Bonchev–Trinajstić information content (AvgIpc) is 2.68. The summed E-state index contributed by atoms with van der Waals surface area (Å²) in [4.78, 5) is 22.3. The summed E-state index contributed by atoms with van der Waals surface area (Å²) < 4.78 is 7.37. The molecule has 0 aliphatic carbocycles. The van der Waals surface area contributed by atoms with Crippen molar-refractivity contribution < 1.29 is 14.7 Å². The lowest BCUT2D eigenvalue weighted by molar-refractivity contribution is 0.0728. The van der Waals surface area contributed by atoms with Crippen LogP contribution >= 0.6 is 11.7 Å². The van der Waals surface area contributed by atoms with Crippen molar-refractivity contribution in [2.45, 2.75) is 13.8 Å². The molecule has 0 radical (unpaired) electrons. The molecule has 1 rings (SSSR count). The Balaban J connectivity index is 2.62. The maximum Gasteiger partial charge on any atom is 0.426 e. The van der Waals surface area contributed by atoms with E-state index in [0.717, 1.165) is 16.7 Å². The molecule has 0 bridgehead atoms. The van der Waals surface area contributed by atoms with Crippen LogP contribution in [0.15, 0.2) is 6.20 Å². The van der Waals surface area contributed by atoms with Crippen LogP contribution in [0.5, 0.6) is 0 Å². The second-order valence-electron chi connectivity index (χ2n) is 3.52. The third kappa shape index (κ3) is 3.46. The number of carboxylic acid groups (broad SMARTS) is 1. The fraction of sp³-hybridized carbons (Fsp3) is 0.500. The molecule has 2 N–H and O–H groups in total. The molecule has 0 fully saturated rings. The molecule has 0 spiro atoms. The van der Waals surface area contributed by atoms with Gasteiger partial charge in [-0.2, -0.15) is 8.75 Å². The molecule has 1 aromatic heterocycles. The van der Waals surface area contributed by atoms with Crippen molar-refractivity contribution >= 4 is 23.7 Å². The van der Waals surface area contributed by atoms with Crippen LogP contribution in [0.25, 0.3) is 0 Å². The predicted octanol–water partition coefficient (Wildman–Crippen LogP) is 0.819. The topological polar surface area (TPSA) is 95.4 Å². The van der Waals surface area contributed by atoms with Crippen LogP contribution in [0, 0.1) is 5.92 Å². The summed E-state index contributed by atoms with van der Waals surface area (Å²) in [5, 5.41) is 9.69. The molecule has 1 aromatic rings. The van der Waals surface area contributed by atoms with Crippen molar-refractivity contribution in [3.05, 3.63) is 11.9 Å². The Morgan fingerprint density at radius 1 is 1.62 bits per heavy atom. The van der Waals surface area contributed by atoms with Crippen molar-refractivity contribution in [2.24, 2.45) is 5.92 Å². The predicted molar refractivity (Wildman–Crippen MR) is 56.9 cm³/mol. The summed E-state index contributed by atoms with van der Waals surface area (Å²) >= 11 is 0.891. The molecule has 0 atom stereocenters. The Labute approximate surface area is 96.4 Å². The minimum absolute atomic E-state index is 0.111. The Hall–Kier alpha value is -1.70. The molecule has 0 aliphatic rings. The Morgan fingerprint density at radius 3 is 2.75 bits per heavy atom. The Morgan fingerprint density at radius 2 is 2.31 bits per heavy atom. The molecule has 1 heterocycles. The van der Waals surface area contributed by atoms with E-state index in [4.69, 9.17) is 5.11 Å². The molecule has 0 unspecified atom stereocenters. The maximum absolute atomic E-state index is 11.5. The van der Waals surface area contributed by atoms with Gasteiger partial charge in [0.15, 0.2) is 5.69 Å². The van der Waals surface area contributed by atoms with Gasteiger partial charge in [-0.05, 0) is 5.92 Å². The second kappa shape index (κ2) is 5.40. The van der Waals surface area contributed by atoms with Crippen LogP contribution in [0.3, 0.4) is 0 Å². The van der Waals surface area contributed by atoms with Gasteiger partial charge in [0.25, 0.3) is 5.91 Å². The molecule has 2 amide bonds. The maximum atomic E-state index is 11.5. The van der Waals surface area contributed by atoms with E-state index in [9.17, 15) is 9.59 Å². The fourth-order valence-corrected chi connectivity index (χ4v) is 1.39. The number of hydrazine groups is 1. The standard InChI is InChI=1S/C8H12N4O3S/c1-5(2)4-12(8(14)15)10-7(13)6-3-9-16-11-6/h3,5H,4H2,1-2H3,(H,10,13)(H,14,15). The number of hydrogen-bond acceptors (Lipinski definition) is 5. The first-order chi connectivity index (χ1) is 7.50. The molecular weight excluding hydrogens is 232 g/mol. The largest absolute Gasteiger partial charge is 0.464 e. The fourth-order valence-electron chi connectivity index (χ4n) is 0.981. The molecular formula is C8H12N4O3S. The lowest BCUT2D eigenvalue weighted by Gasteiger charge is -2.21. The van der Waals surface area contributed by atoms with E-state index in [1.165, 1.54) is 6.20 Å². The molecule has 0 aliphatic heterocycles. The van der Waals surface area contributed by atoms with Gasteiger partial charge < -0.3 is 5.11 Å². The van der Waals surface area contributed by atoms with Gasteiger partial charge in [-0.3, -0.25) is 10.2 Å². The van der Waals surface area contributed by atoms with Gasteiger partial charge in [0.2, 0.25) is 0 Å². The van der Waals surface area contributed by atoms with E-state index in [-0.39, 0.29) is 18.2 Å². The van der Waals surface area contributed by atoms with Gasteiger partial charge in [-0.15, -0.1) is 0 Å². The highest BCUT2D eigenvalue weighted by atomic mass is 32.1. The van der Waals surface area contributed by atoms with E-state index in [0.29, 0.717) is 0 Å². The van der Waals surface area contributed by atoms with Crippen LogP contribution < -0.4 is 5.43 Å². The second-order valence-corrected chi connectivity index (χ2v) is 4.08. The number of aromatic nitrogens is 2. The zero-order valence-corrected chi connectivity index (χ0v) is 9.69. The average molecular weight is 244 g/mol. The van der Waals surface area contributed by atoms with Gasteiger partial charge in [0, 0.05) is 6.54 Å². The van der Waals surface area contributed by atoms with Crippen molar-refractivity contribution in [3.8, 4) is 0 Å². The molecule has 0 aromatic carbocycles. The van der Waals surface area contributed by atoms with Crippen molar-refractivity contribution in [3.63, 3.8) is 0 Å². The Bertz CT molecular complexity index is 365. The van der Waals surface area contributed by atoms with Gasteiger partial charge in [-0.1, -0.05) is 13.8 Å². The molecule has 0 saturated heterocycles. The summed E-state index contributed by atoms with van der Waals surface area (Å²) in [5.74, 6) is -0.457. The third-order valence-corrected chi connectivity index (χ3v) is 2.09. The molecule has 16 heavy (non-hydrogen) atoms. The summed E-state index contributed by atoms with van der Waals surface area (Å²) in [7, 11) is 0. The lowest BCUT2D eigenvalue weighted by Crippen LogP contribution is -2.47. The van der Waals surface area contributed by atoms with E-state index >= 15 is 0 Å². The van der Waals surface area contributed by atoms with Crippen LogP contribution in [-0.4, -0.2) is 37.4 Å². The van der Waals surface area contributed by atoms with Gasteiger partial charge >= 0.3 is 6.09 Å². The highest BCUT2D eigenvalue weighted by Crippen LogP contribution is 1.99. The number of carbonyl (C=O) groups excluding carboxylic acids is 1. The molecule has 8 heteroatoms. The van der Waals surface area contributed by atoms with E-state index < -0.39 is 12.0 Å². The summed E-state index contributed by atoms with van der Waals surface area (Å²) in [6.07, 6.45) is 0.0836. The number of nitrogens with one attached hydrogen (secondary N) is 1. The van der Waals surface area contributed by atoms with Crippen molar-refractivity contribution in [1.82, 2.24) is 19.2 Å². The van der Waals surface area contributed by atoms with Crippen LogP contribution in [0.2, 0.25) is 0 Å². The summed E-state index contributed by atoms with van der Waals surface area (Å²) in [6, 6.07) is 0. The van der Waals surface area contributed by atoms with E-state index in [1.54, 1.807) is 0 Å². The zero-order valence-electron chi connectivity index (χ0n) is 8.88. The van der Waals surface area contributed by atoms with Crippen LogP contribution in [0.1, 0.15) is 24.3 Å². The van der Waals surface area contributed by atoms with Gasteiger partial charge in [0.05, 0.1) is 17.9 Å². The number of nitrogens with zero attached hydrogens (tertiary/aromatic N) is 3. The first kappa shape index (κ1) is 12.4.